The molecular weight excluding hydrogens is 448 g/mol. The number of carbonyl (C=O) groups is 1. The Morgan fingerprint density at radius 1 is 1.00 bits per heavy atom. The average Bonchev–Trinajstić information content (AvgIpc) is 3.63. The molecule has 1 amide bonds. The van der Waals surface area contributed by atoms with Crippen LogP contribution in [0.3, 0.4) is 0 Å². The summed E-state index contributed by atoms with van der Waals surface area (Å²) in [5, 5.41) is 6.90. The molecule has 3 aromatic rings. The first kappa shape index (κ1) is 22.9. The number of benzene rings is 3. The molecule has 184 valence electrons. The van der Waals surface area contributed by atoms with Crippen molar-refractivity contribution in [3.63, 3.8) is 0 Å². The molecule has 2 heterocycles. The maximum Gasteiger partial charge on any atom is 0.253 e. The first-order valence-electron chi connectivity index (χ1n) is 13.0. The molecule has 0 saturated carbocycles. The van der Waals surface area contributed by atoms with E-state index in [1.165, 1.54) is 5.56 Å². The molecule has 0 spiro atoms. The summed E-state index contributed by atoms with van der Waals surface area (Å²) in [5.41, 5.74) is 5.08. The summed E-state index contributed by atoms with van der Waals surface area (Å²) in [7, 11) is 0. The van der Waals surface area contributed by atoms with Crippen LogP contribution in [-0.2, 0) is 11.3 Å². The summed E-state index contributed by atoms with van der Waals surface area (Å²) >= 11 is 0. The van der Waals surface area contributed by atoms with Crippen LogP contribution >= 0.6 is 0 Å². The monoisotopic (exact) mass is 480 g/mol. The molecule has 2 N–H and O–H groups in total. The Bertz CT molecular complexity index is 1250. The average molecular weight is 481 g/mol. The van der Waals surface area contributed by atoms with Gasteiger partial charge in [0.2, 0.25) is 0 Å². The summed E-state index contributed by atoms with van der Waals surface area (Å²) in [5.74, 6) is 1.46. The first-order chi connectivity index (χ1) is 17.8. The highest BCUT2D eigenvalue weighted by molar-refractivity contribution is 6.00. The van der Waals surface area contributed by atoms with Crippen molar-refractivity contribution in [1.82, 2.24) is 5.32 Å². The SMILES string of the molecule is O=C(NCC1CCCO1)c1cccc2c1NC(c1ccccc1OCc1ccccc1)C1CC=CC21. The minimum atomic E-state index is -0.0531. The second-order valence-electron chi connectivity index (χ2n) is 9.90. The van der Waals surface area contributed by atoms with Crippen molar-refractivity contribution in [3.05, 3.63) is 107 Å². The molecule has 5 heteroatoms. The van der Waals surface area contributed by atoms with E-state index in [1.807, 2.05) is 42.5 Å². The van der Waals surface area contributed by atoms with Gasteiger partial charge in [-0.25, -0.2) is 0 Å². The topological polar surface area (TPSA) is 59.6 Å². The Kier molecular flexibility index (Phi) is 6.48. The largest absolute Gasteiger partial charge is 0.489 e. The fourth-order valence-corrected chi connectivity index (χ4v) is 5.83. The van der Waals surface area contributed by atoms with Crippen molar-refractivity contribution < 1.29 is 14.3 Å². The van der Waals surface area contributed by atoms with Gasteiger partial charge in [0.25, 0.3) is 5.91 Å². The third kappa shape index (κ3) is 4.51. The summed E-state index contributed by atoms with van der Waals surface area (Å²) in [6.45, 7) is 1.85. The Hall–Kier alpha value is -3.57. The number of hydrogen-bond donors (Lipinski definition) is 2. The van der Waals surface area contributed by atoms with Gasteiger partial charge in [0.1, 0.15) is 12.4 Å². The molecule has 3 aliphatic rings. The Morgan fingerprint density at radius 3 is 2.69 bits per heavy atom. The number of amides is 1. The maximum atomic E-state index is 13.3. The van der Waals surface area contributed by atoms with Crippen LogP contribution in [0.2, 0.25) is 0 Å². The maximum absolute atomic E-state index is 13.3. The zero-order chi connectivity index (χ0) is 24.3. The molecular formula is C31H32N2O3. The Balaban J connectivity index is 1.29. The van der Waals surface area contributed by atoms with Crippen LogP contribution in [0.25, 0.3) is 0 Å². The Labute approximate surface area is 212 Å². The number of nitrogens with one attached hydrogen (secondary N) is 2. The van der Waals surface area contributed by atoms with E-state index in [2.05, 4.69) is 53.1 Å². The normalized spacial score (nSPS) is 24.0. The van der Waals surface area contributed by atoms with Gasteiger partial charge in [0.15, 0.2) is 0 Å². The third-order valence-electron chi connectivity index (χ3n) is 7.65. The lowest BCUT2D eigenvalue weighted by atomic mass is 9.76. The van der Waals surface area contributed by atoms with Gasteiger partial charge in [-0.2, -0.15) is 0 Å². The van der Waals surface area contributed by atoms with E-state index in [-0.39, 0.29) is 24.0 Å². The van der Waals surface area contributed by atoms with Crippen LogP contribution < -0.4 is 15.4 Å². The van der Waals surface area contributed by atoms with E-state index < -0.39 is 0 Å². The molecule has 3 aromatic carbocycles. The molecule has 0 bridgehead atoms. The van der Waals surface area contributed by atoms with Gasteiger partial charge in [-0.1, -0.05) is 72.8 Å². The highest BCUT2D eigenvalue weighted by atomic mass is 16.5. The van der Waals surface area contributed by atoms with Crippen LogP contribution in [0.15, 0.2) is 84.9 Å². The van der Waals surface area contributed by atoms with Crippen LogP contribution in [-0.4, -0.2) is 25.2 Å². The number of ether oxygens (including phenoxy) is 2. The standard InChI is InChI=1S/C31H32N2O3/c34-31(32-19-22-11-8-18-35-22)27-16-7-15-25-23-13-6-14-24(23)29(33-30(25)27)26-12-4-5-17-28(26)36-20-21-9-2-1-3-10-21/h1-7,9-10,12-13,15-17,22-24,29,33H,8,11,14,18-20H2,(H,32,34). The molecule has 6 rings (SSSR count). The van der Waals surface area contributed by atoms with E-state index in [0.717, 1.165) is 48.4 Å². The predicted molar refractivity (Wildman–Crippen MR) is 141 cm³/mol. The lowest BCUT2D eigenvalue weighted by Gasteiger charge is -2.38. The second kappa shape index (κ2) is 10.2. The molecule has 4 unspecified atom stereocenters. The van der Waals surface area contributed by atoms with Crippen molar-refractivity contribution in [2.45, 2.75) is 43.9 Å². The van der Waals surface area contributed by atoms with Crippen molar-refractivity contribution in [1.29, 1.82) is 0 Å². The Morgan fingerprint density at radius 2 is 1.83 bits per heavy atom. The van der Waals surface area contributed by atoms with Gasteiger partial charge in [0.05, 0.1) is 23.4 Å². The first-order valence-corrected chi connectivity index (χ1v) is 13.0. The fourth-order valence-electron chi connectivity index (χ4n) is 5.83. The predicted octanol–water partition coefficient (Wildman–Crippen LogP) is 6.00. The number of hydrogen-bond acceptors (Lipinski definition) is 4. The van der Waals surface area contributed by atoms with Crippen LogP contribution in [0.5, 0.6) is 5.75 Å². The van der Waals surface area contributed by atoms with Gasteiger partial charge >= 0.3 is 0 Å². The van der Waals surface area contributed by atoms with Crippen LogP contribution in [0.4, 0.5) is 5.69 Å². The highest BCUT2D eigenvalue weighted by Crippen LogP contribution is 2.52. The summed E-state index contributed by atoms with van der Waals surface area (Å²) in [6, 6.07) is 24.6. The number of carbonyl (C=O) groups excluding carboxylic acids is 1. The van der Waals surface area contributed by atoms with Gasteiger partial charge in [-0.3, -0.25) is 4.79 Å². The third-order valence-corrected chi connectivity index (χ3v) is 7.65. The number of anilines is 1. The van der Waals surface area contributed by atoms with Gasteiger partial charge in [-0.15, -0.1) is 0 Å². The second-order valence-corrected chi connectivity index (χ2v) is 9.90. The van der Waals surface area contributed by atoms with E-state index in [9.17, 15) is 4.79 Å². The summed E-state index contributed by atoms with van der Waals surface area (Å²) < 4.78 is 12.0. The molecule has 0 radical (unpaired) electrons. The molecule has 2 aliphatic heterocycles. The fraction of sp³-hybridized carbons (Fsp3) is 0.323. The highest BCUT2D eigenvalue weighted by Gasteiger charge is 2.40. The van der Waals surface area contributed by atoms with Crippen molar-refractivity contribution in [3.8, 4) is 5.75 Å². The van der Waals surface area contributed by atoms with Gasteiger partial charge < -0.3 is 20.1 Å². The van der Waals surface area contributed by atoms with Crippen molar-refractivity contribution in [2.24, 2.45) is 5.92 Å². The van der Waals surface area contributed by atoms with Crippen LogP contribution in [0, 0.1) is 5.92 Å². The summed E-state index contributed by atoms with van der Waals surface area (Å²) in [4.78, 5) is 13.3. The molecule has 1 saturated heterocycles. The number of rotatable bonds is 7. The molecule has 4 atom stereocenters. The minimum Gasteiger partial charge on any atom is -0.489 e. The zero-order valence-corrected chi connectivity index (χ0v) is 20.4. The molecule has 0 aromatic heterocycles. The lowest BCUT2D eigenvalue weighted by Crippen LogP contribution is -2.34. The van der Waals surface area contributed by atoms with E-state index >= 15 is 0 Å². The zero-order valence-electron chi connectivity index (χ0n) is 20.4. The minimum absolute atomic E-state index is 0.0385. The number of allylic oxidation sites excluding steroid dienone is 2. The number of para-hydroxylation sites is 2. The van der Waals surface area contributed by atoms with Crippen molar-refractivity contribution in [2.75, 3.05) is 18.5 Å². The molecule has 1 aliphatic carbocycles. The summed E-state index contributed by atoms with van der Waals surface area (Å²) in [6.07, 6.45) is 7.75. The lowest BCUT2D eigenvalue weighted by molar-refractivity contribution is 0.0858. The smallest absolute Gasteiger partial charge is 0.253 e. The quantitative estimate of drug-likeness (QED) is 0.407. The van der Waals surface area contributed by atoms with Crippen LogP contribution in [0.1, 0.15) is 58.3 Å². The van der Waals surface area contributed by atoms with E-state index in [0.29, 0.717) is 24.6 Å². The van der Waals surface area contributed by atoms with Gasteiger partial charge in [0, 0.05) is 24.6 Å². The molecule has 36 heavy (non-hydrogen) atoms. The van der Waals surface area contributed by atoms with E-state index in [1.54, 1.807) is 0 Å². The van der Waals surface area contributed by atoms with E-state index in [4.69, 9.17) is 9.47 Å². The molecule has 5 nitrogen and oxygen atoms in total. The van der Waals surface area contributed by atoms with Gasteiger partial charge in [-0.05, 0) is 48.4 Å². The number of fused-ring (bicyclic) bond motifs is 3. The van der Waals surface area contributed by atoms with Crippen molar-refractivity contribution >= 4 is 11.6 Å². The molecule has 1 fully saturated rings.